The molecule has 2 aromatic heterocycles. The van der Waals surface area contributed by atoms with Gasteiger partial charge in [-0.2, -0.15) is 0 Å². The van der Waals surface area contributed by atoms with Gasteiger partial charge >= 0.3 is 5.97 Å². The predicted molar refractivity (Wildman–Crippen MR) is 137 cm³/mol. The van der Waals surface area contributed by atoms with Gasteiger partial charge in [0.15, 0.2) is 0 Å². The zero-order valence-electron chi connectivity index (χ0n) is 20.7. The average molecular weight is 497 g/mol. The summed E-state index contributed by atoms with van der Waals surface area (Å²) < 4.78 is 32.3. The number of likely N-dealkylation sites (tertiary alicyclic amines) is 1. The molecule has 2 atom stereocenters. The third-order valence-electron chi connectivity index (χ3n) is 7.78. The maximum absolute atomic E-state index is 15.2. The van der Waals surface area contributed by atoms with Gasteiger partial charge in [0.1, 0.15) is 11.9 Å². The molecule has 36 heavy (non-hydrogen) atoms. The average Bonchev–Trinajstić information content (AvgIpc) is 3.50. The number of benzene rings is 1. The molecule has 0 amide bonds. The highest BCUT2D eigenvalue weighted by molar-refractivity contribution is 5.88. The Balaban J connectivity index is 1.19. The van der Waals surface area contributed by atoms with Crippen molar-refractivity contribution in [3.63, 3.8) is 0 Å². The van der Waals surface area contributed by atoms with E-state index >= 15 is 8.78 Å². The second-order valence-corrected chi connectivity index (χ2v) is 10.2. The highest BCUT2D eigenvalue weighted by Crippen LogP contribution is 2.40. The number of halogens is 2. The predicted octanol–water partition coefficient (Wildman–Crippen LogP) is 5.43. The van der Waals surface area contributed by atoms with Gasteiger partial charge < -0.3 is 15.0 Å². The monoisotopic (exact) mass is 496 g/mol. The number of carboxylic acid groups (broad SMARTS) is 1. The van der Waals surface area contributed by atoms with Crippen LogP contribution in [0.5, 0.6) is 0 Å². The first kappa shape index (κ1) is 24.7. The molecule has 5 rings (SSSR count). The fourth-order valence-corrected chi connectivity index (χ4v) is 5.84. The number of nitrogens with zero attached hydrogens (tertiary/aromatic N) is 3. The van der Waals surface area contributed by atoms with Gasteiger partial charge in [0.2, 0.25) is 0 Å². The summed E-state index contributed by atoms with van der Waals surface area (Å²) in [6.07, 6.45) is 5.91. The van der Waals surface area contributed by atoms with Gasteiger partial charge in [-0.25, -0.2) is 13.8 Å². The highest BCUT2D eigenvalue weighted by atomic mass is 19.3. The van der Waals surface area contributed by atoms with E-state index < -0.39 is 23.9 Å². The number of hydrogen-bond donors (Lipinski definition) is 2. The van der Waals surface area contributed by atoms with Gasteiger partial charge in [-0.15, -0.1) is 0 Å². The fourth-order valence-electron chi connectivity index (χ4n) is 5.84. The van der Waals surface area contributed by atoms with Gasteiger partial charge in [0, 0.05) is 49.9 Å². The molecule has 0 aliphatic carbocycles. The van der Waals surface area contributed by atoms with Crippen LogP contribution >= 0.6 is 0 Å². The zero-order chi connectivity index (χ0) is 25.3. The first-order chi connectivity index (χ1) is 17.3. The van der Waals surface area contributed by atoms with Crippen LogP contribution in [0.15, 0.2) is 42.6 Å². The number of fused-ring (bicyclic) bond motifs is 2. The third-order valence-corrected chi connectivity index (χ3v) is 7.78. The second-order valence-electron chi connectivity index (χ2n) is 10.2. The van der Waals surface area contributed by atoms with E-state index in [1.165, 1.54) is 5.56 Å². The molecule has 0 spiro atoms. The van der Waals surface area contributed by atoms with E-state index in [0.717, 1.165) is 41.8 Å². The van der Waals surface area contributed by atoms with Crippen molar-refractivity contribution < 1.29 is 18.7 Å². The standard InChI is InChI=1S/C28H34F2N4O2/c1-33-16-12-19-6-4-9-23(24(19)33)25(27(35)36)34-17-13-21(18-34)28(29,30)14-3-2-8-22-11-10-20-7-5-15-31-26(20)32-22/h4,6,9-12,16,21,25H,2-3,5,7-8,13-15,17-18H2,1H3,(H,31,32)(H,35,36)/t21-,25?/m1/s1. The number of aryl methyl sites for hydroxylation is 3. The number of para-hydroxylation sites is 1. The Kier molecular flexibility index (Phi) is 6.97. The zero-order valence-corrected chi connectivity index (χ0v) is 20.7. The molecular formula is C28H34F2N4O2. The summed E-state index contributed by atoms with van der Waals surface area (Å²) in [5, 5.41) is 14.3. The Bertz CT molecular complexity index is 1240. The molecule has 6 nitrogen and oxygen atoms in total. The minimum absolute atomic E-state index is 0.0861. The maximum atomic E-state index is 15.2. The van der Waals surface area contributed by atoms with Crippen LogP contribution in [0.1, 0.15) is 55.0 Å². The summed E-state index contributed by atoms with van der Waals surface area (Å²) >= 11 is 0. The number of unbranched alkanes of at least 4 members (excludes halogenated alkanes) is 1. The summed E-state index contributed by atoms with van der Waals surface area (Å²) in [6, 6.07) is 10.7. The highest BCUT2D eigenvalue weighted by Gasteiger charge is 2.45. The summed E-state index contributed by atoms with van der Waals surface area (Å²) in [4.78, 5) is 18.7. The van der Waals surface area contributed by atoms with Crippen molar-refractivity contribution >= 4 is 22.7 Å². The van der Waals surface area contributed by atoms with E-state index in [2.05, 4.69) is 16.4 Å². The first-order valence-corrected chi connectivity index (χ1v) is 12.9. The molecule has 8 heteroatoms. The number of anilines is 1. The van der Waals surface area contributed by atoms with E-state index in [1.807, 2.05) is 42.1 Å². The number of aromatic nitrogens is 2. The molecule has 0 radical (unpaired) electrons. The van der Waals surface area contributed by atoms with Crippen molar-refractivity contribution in [2.75, 3.05) is 25.0 Å². The van der Waals surface area contributed by atoms with Crippen LogP contribution in [0.25, 0.3) is 10.9 Å². The molecule has 1 unspecified atom stereocenters. The first-order valence-electron chi connectivity index (χ1n) is 12.9. The molecule has 1 fully saturated rings. The molecular weight excluding hydrogens is 462 g/mol. The lowest BCUT2D eigenvalue weighted by atomic mass is 9.95. The van der Waals surface area contributed by atoms with Gasteiger partial charge in [0.05, 0.1) is 5.52 Å². The number of carbonyl (C=O) groups is 1. The van der Waals surface area contributed by atoms with Crippen LogP contribution in [-0.4, -0.2) is 51.1 Å². The smallest absolute Gasteiger partial charge is 0.325 e. The van der Waals surface area contributed by atoms with E-state index in [9.17, 15) is 9.90 Å². The van der Waals surface area contributed by atoms with Crippen LogP contribution in [0.2, 0.25) is 0 Å². The normalized spacial score (nSPS) is 19.2. The third kappa shape index (κ3) is 4.96. The van der Waals surface area contributed by atoms with Crippen LogP contribution in [-0.2, 0) is 24.7 Å². The van der Waals surface area contributed by atoms with Crippen molar-refractivity contribution in [2.24, 2.45) is 13.0 Å². The Labute approximate surface area is 210 Å². The molecule has 1 saturated heterocycles. The van der Waals surface area contributed by atoms with Gasteiger partial charge in [-0.3, -0.25) is 9.69 Å². The fraction of sp³-hybridized carbons (Fsp3) is 0.500. The number of hydrogen-bond acceptors (Lipinski definition) is 4. The summed E-state index contributed by atoms with van der Waals surface area (Å²) in [7, 11) is 1.88. The second kappa shape index (κ2) is 10.2. The SMILES string of the molecule is Cn1ccc2cccc(C(C(=O)O)N3CC[C@@H](C(F)(F)CCCCc4ccc5c(n4)NCCC5)C3)c21. The molecule has 3 aromatic rings. The molecule has 0 saturated carbocycles. The lowest BCUT2D eigenvalue weighted by Crippen LogP contribution is -2.36. The van der Waals surface area contributed by atoms with E-state index in [1.54, 1.807) is 11.0 Å². The summed E-state index contributed by atoms with van der Waals surface area (Å²) in [5.41, 5.74) is 3.66. The molecule has 2 aliphatic heterocycles. The van der Waals surface area contributed by atoms with Crippen molar-refractivity contribution in [2.45, 2.75) is 56.9 Å². The van der Waals surface area contributed by atoms with Gasteiger partial charge in [-0.05, 0) is 68.2 Å². The topological polar surface area (TPSA) is 70.4 Å². The van der Waals surface area contributed by atoms with Crippen molar-refractivity contribution in [3.8, 4) is 0 Å². The van der Waals surface area contributed by atoms with E-state index in [-0.39, 0.29) is 13.0 Å². The van der Waals surface area contributed by atoms with E-state index in [4.69, 9.17) is 0 Å². The Hall–Kier alpha value is -3.00. The number of alkyl halides is 2. The van der Waals surface area contributed by atoms with Crippen molar-refractivity contribution in [1.29, 1.82) is 0 Å². The van der Waals surface area contributed by atoms with Crippen LogP contribution < -0.4 is 5.32 Å². The minimum atomic E-state index is -2.82. The quantitative estimate of drug-likeness (QED) is 0.387. The molecule has 0 bridgehead atoms. The lowest BCUT2D eigenvalue weighted by Gasteiger charge is -2.27. The van der Waals surface area contributed by atoms with E-state index in [0.29, 0.717) is 37.8 Å². The number of nitrogens with one attached hydrogen (secondary N) is 1. The van der Waals surface area contributed by atoms with Crippen molar-refractivity contribution in [3.05, 3.63) is 59.4 Å². The number of rotatable bonds is 9. The maximum Gasteiger partial charge on any atom is 0.325 e. The lowest BCUT2D eigenvalue weighted by molar-refractivity contribution is -0.143. The molecule has 2 aliphatic rings. The number of pyridine rings is 1. The van der Waals surface area contributed by atoms with Gasteiger partial charge in [0.25, 0.3) is 5.92 Å². The number of carboxylic acids is 1. The number of aliphatic carboxylic acids is 1. The minimum Gasteiger partial charge on any atom is -0.480 e. The van der Waals surface area contributed by atoms with Gasteiger partial charge in [-0.1, -0.05) is 24.3 Å². The molecule has 2 N–H and O–H groups in total. The van der Waals surface area contributed by atoms with Crippen LogP contribution in [0.4, 0.5) is 14.6 Å². The largest absolute Gasteiger partial charge is 0.480 e. The molecule has 192 valence electrons. The summed E-state index contributed by atoms with van der Waals surface area (Å²) in [5.74, 6) is -3.72. The molecule has 4 heterocycles. The van der Waals surface area contributed by atoms with Crippen molar-refractivity contribution in [1.82, 2.24) is 14.5 Å². The molecule has 1 aromatic carbocycles. The Morgan fingerprint density at radius 1 is 1.25 bits per heavy atom. The summed E-state index contributed by atoms with van der Waals surface area (Å²) in [6.45, 7) is 1.37. The van der Waals surface area contributed by atoms with Crippen LogP contribution in [0.3, 0.4) is 0 Å². The van der Waals surface area contributed by atoms with Crippen LogP contribution in [0, 0.1) is 5.92 Å². The Morgan fingerprint density at radius 2 is 2.11 bits per heavy atom. The Morgan fingerprint density at radius 3 is 2.94 bits per heavy atom.